The lowest BCUT2D eigenvalue weighted by Crippen LogP contribution is -2.14. The van der Waals surface area contributed by atoms with Gasteiger partial charge in [-0.3, -0.25) is 4.72 Å². The first-order chi connectivity index (χ1) is 9.72. The van der Waals surface area contributed by atoms with Crippen molar-refractivity contribution in [1.82, 2.24) is 0 Å². The second kappa shape index (κ2) is 6.30. The van der Waals surface area contributed by atoms with Gasteiger partial charge in [-0.15, -0.1) is 0 Å². The third-order valence-corrected chi connectivity index (χ3v) is 5.47. The van der Waals surface area contributed by atoms with Gasteiger partial charge in [-0.1, -0.05) is 50.7 Å². The number of anilines is 1. The minimum absolute atomic E-state index is 0.137. The van der Waals surface area contributed by atoms with Crippen LogP contribution in [0.5, 0.6) is 0 Å². The Balaban J connectivity index is 2.49. The molecule has 0 atom stereocenters. The van der Waals surface area contributed by atoms with Crippen LogP contribution in [-0.2, 0) is 10.0 Å². The van der Waals surface area contributed by atoms with E-state index < -0.39 is 25.8 Å². The molecule has 0 saturated carbocycles. The van der Waals surface area contributed by atoms with E-state index in [1.54, 1.807) is 6.07 Å². The molecule has 0 bridgehead atoms. The minimum atomic E-state index is -4.11. The summed E-state index contributed by atoms with van der Waals surface area (Å²) in [5.74, 6) is -0.999. The van der Waals surface area contributed by atoms with Crippen LogP contribution in [0.1, 0.15) is 0 Å². The molecule has 0 aliphatic heterocycles. The molecule has 0 aliphatic carbocycles. The minimum Gasteiger partial charge on any atom is -0.278 e. The van der Waals surface area contributed by atoms with Crippen LogP contribution in [-0.4, -0.2) is 8.42 Å². The van der Waals surface area contributed by atoms with Crippen molar-refractivity contribution in [2.75, 3.05) is 4.72 Å². The summed E-state index contributed by atoms with van der Waals surface area (Å²) in [5.41, 5.74) is 0.137. The predicted molar refractivity (Wildman–Crippen MR) is 86.4 cm³/mol. The van der Waals surface area contributed by atoms with Gasteiger partial charge >= 0.3 is 0 Å². The molecule has 2 aromatic rings. The molecule has 0 unspecified atom stereocenters. The molecule has 0 spiro atoms. The van der Waals surface area contributed by atoms with Crippen LogP contribution < -0.4 is 4.72 Å². The van der Waals surface area contributed by atoms with Crippen molar-refractivity contribution in [1.29, 1.82) is 0 Å². The first-order valence-electron chi connectivity index (χ1n) is 5.34. The van der Waals surface area contributed by atoms with Crippen LogP contribution >= 0.6 is 50.7 Å². The number of hydrogen-bond donors (Lipinski definition) is 1. The molecule has 0 saturated heterocycles. The van der Waals surface area contributed by atoms with Gasteiger partial charge in [0, 0.05) is 4.47 Å². The standard InChI is InChI=1S/C12H6BrCl3FNO2S/c13-6-1-2-7(14)9(5-6)18-21(19,20)10-4-3-8(15)12(17)11(10)16/h1-5,18H. The van der Waals surface area contributed by atoms with Gasteiger partial charge in [0.2, 0.25) is 0 Å². The molecule has 9 heteroatoms. The van der Waals surface area contributed by atoms with E-state index in [0.717, 1.165) is 12.1 Å². The van der Waals surface area contributed by atoms with Gasteiger partial charge in [0.25, 0.3) is 10.0 Å². The van der Waals surface area contributed by atoms with E-state index in [1.165, 1.54) is 12.1 Å². The zero-order valence-corrected chi connectivity index (χ0v) is 14.7. The summed E-state index contributed by atoms with van der Waals surface area (Å²) in [5, 5.41) is -0.659. The molecule has 0 radical (unpaired) electrons. The third kappa shape index (κ3) is 3.63. The van der Waals surface area contributed by atoms with Crippen LogP contribution in [0.4, 0.5) is 10.1 Å². The number of hydrogen-bond acceptors (Lipinski definition) is 2. The molecule has 0 aromatic heterocycles. The summed E-state index contributed by atoms with van der Waals surface area (Å²) in [6, 6.07) is 6.85. The summed E-state index contributed by atoms with van der Waals surface area (Å²) < 4.78 is 41.0. The van der Waals surface area contributed by atoms with Crippen LogP contribution in [0.15, 0.2) is 39.7 Å². The van der Waals surface area contributed by atoms with Gasteiger partial charge in [0.1, 0.15) is 4.90 Å². The van der Waals surface area contributed by atoms with E-state index in [4.69, 9.17) is 34.8 Å². The fourth-order valence-corrected chi connectivity index (χ4v) is 3.89. The van der Waals surface area contributed by atoms with Crippen molar-refractivity contribution in [3.05, 3.63) is 55.7 Å². The van der Waals surface area contributed by atoms with Crippen molar-refractivity contribution >= 4 is 66.4 Å². The van der Waals surface area contributed by atoms with E-state index in [9.17, 15) is 12.8 Å². The molecule has 0 fully saturated rings. The summed E-state index contributed by atoms with van der Waals surface area (Å²) in [6.07, 6.45) is 0. The number of halogens is 5. The fourth-order valence-electron chi connectivity index (χ4n) is 1.49. The first kappa shape index (κ1) is 16.8. The van der Waals surface area contributed by atoms with Gasteiger partial charge < -0.3 is 0 Å². The second-order valence-electron chi connectivity index (χ2n) is 3.90. The molecular weight excluding hydrogens is 427 g/mol. The topological polar surface area (TPSA) is 46.2 Å². The van der Waals surface area contributed by atoms with Crippen molar-refractivity contribution in [2.45, 2.75) is 4.90 Å². The van der Waals surface area contributed by atoms with Crippen molar-refractivity contribution in [3.8, 4) is 0 Å². The van der Waals surface area contributed by atoms with Crippen molar-refractivity contribution in [3.63, 3.8) is 0 Å². The maximum atomic E-state index is 13.6. The lowest BCUT2D eigenvalue weighted by atomic mass is 10.3. The molecule has 21 heavy (non-hydrogen) atoms. The summed E-state index contributed by atoms with van der Waals surface area (Å²) in [7, 11) is -4.11. The quantitative estimate of drug-likeness (QED) is 0.664. The van der Waals surface area contributed by atoms with Gasteiger partial charge in [0.15, 0.2) is 5.82 Å². The van der Waals surface area contributed by atoms with Crippen LogP contribution in [0.3, 0.4) is 0 Å². The second-order valence-corrected chi connectivity index (χ2v) is 7.66. The summed E-state index contributed by atoms with van der Waals surface area (Å²) in [6.45, 7) is 0. The highest BCUT2D eigenvalue weighted by molar-refractivity contribution is 9.10. The van der Waals surface area contributed by atoms with Gasteiger partial charge in [0.05, 0.1) is 20.8 Å². The number of benzene rings is 2. The molecule has 0 amide bonds. The zero-order valence-electron chi connectivity index (χ0n) is 10.0. The molecule has 1 N–H and O–H groups in total. The number of nitrogens with one attached hydrogen (secondary N) is 1. The Bertz CT molecular complexity index is 814. The molecular formula is C12H6BrCl3FNO2S. The lowest BCUT2D eigenvalue weighted by molar-refractivity contribution is 0.595. The Morgan fingerprint density at radius 2 is 1.67 bits per heavy atom. The Labute approximate surface area is 144 Å². The monoisotopic (exact) mass is 431 g/mol. The molecule has 112 valence electrons. The molecule has 0 heterocycles. The van der Waals surface area contributed by atoms with E-state index in [1.807, 2.05) is 0 Å². The van der Waals surface area contributed by atoms with Crippen molar-refractivity contribution in [2.24, 2.45) is 0 Å². The smallest absolute Gasteiger partial charge is 0.263 e. The maximum Gasteiger partial charge on any atom is 0.263 e. The fraction of sp³-hybridized carbons (Fsp3) is 0. The SMILES string of the molecule is O=S(=O)(Nc1cc(Br)ccc1Cl)c1ccc(Cl)c(F)c1Cl. The zero-order chi connectivity index (χ0) is 15.8. The van der Waals surface area contributed by atoms with Crippen LogP contribution in [0, 0.1) is 5.82 Å². The lowest BCUT2D eigenvalue weighted by Gasteiger charge is -2.12. The van der Waals surface area contributed by atoms with Gasteiger partial charge in [-0.2, -0.15) is 0 Å². The van der Waals surface area contributed by atoms with Gasteiger partial charge in [-0.05, 0) is 30.3 Å². The van der Waals surface area contributed by atoms with Crippen molar-refractivity contribution < 1.29 is 12.8 Å². The molecule has 2 rings (SSSR count). The van der Waals surface area contributed by atoms with E-state index in [0.29, 0.717) is 4.47 Å². The highest BCUT2D eigenvalue weighted by Crippen LogP contribution is 2.32. The largest absolute Gasteiger partial charge is 0.278 e. The predicted octanol–water partition coefficient (Wildman–Crippen LogP) is 5.35. The van der Waals surface area contributed by atoms with E-state index in [-0.39, 0.29) is 15.7 Å². The summed E-state index contributed by atoms with van der Waals surface area (Å²) >= 11 is 20.3. The highest BCUT2D eigenvalue weighted by Gasteiger charge is 2.23. The molecule has 3 nitrogen and oxygen atoms in total. The van der Waals surface area contributed by atoms with E-state index >= 15 is 0 Å². The Morgan fingerprint density at radius 3 is 2.33 bits per heavy atom. The summed E-state index contributed by atoms with van der Waals surface area (Å²) in [4.78, 5) is -0.429. The van der Waals surface area contributed by atoms with Crippen LogP contribution in [0.25, 0.3) is 0 Å². The average Bonchev–Trinajstić information content (AvgIpc) is 2.39. The normalized spacial score (nSPS) is 11.5. The maximum absolute atomic E-state index is 13.6. The Morgan fingerprint density at radius 1 is 1.05 bits per heavy atom. The highest BCUT2D eigenvalue weighted by atomic mass is 79.9. The third-order valence-electron chi connectivity index (χ3n) is 2.46. The average molecular weight is 434 g/mol. The first-order valence-corrected chi connectivity index (χ1v) is 8.75. The number of sulfonamides is 1. The Kier molecular flexibility index (Phi) is 5.05. The molecule has 0 aliphatic rings. The number of rotatable bonds is 3. The Hall–Kier alpha value is -0.530. The van der Waals surface area contributed by atoms with Gasteiger partial charge in [-0.25, -0.2) is 12.8 Å². The van der Waals surface area contributed by atoms with E-state index in [2.05, 4.69) is 20.7 Å². The molecule has 2 aromatic carbocycles. The van der Waals surface area contributed by atoms with Crippen LogP contribution in [0.2, 0.25) is 15.1 Å².